The molecule has 0 aromatic heterocycles. The van der Waals surface area contributed by atoms with Gasteiger partial charge in [0.05, 0.1) is 9.40 Å². The number of aldehydes is 1. The van der Waals surface area contributed by atoms with Crippen LogP contribution in [0.3, 0.4) is 0 Å². The Bertz CT molecular complexity index is 578. The molecule has 0 spiro atoms. The molecule has 1 aromatic rings. The van der Waals surface area contributed by atoms with E-state index in [-0.39, 0.29) is 22.3 Å². The van der Waals surface area contributed by atoms with Crippen molar-refractivity contribution in [3.63, 3.8) is 0 Å². The molecule has 0 radical (unpaired) electrons. The lowest BCUT2D eigenvalue weighted by Gasteiger charge is -2.18. The number of rotatable bonds is 5. The van der Waals surface area contributed by atoms with Gasteiger partial charge in [-0.25, -0.2) is 0 Å². The minimum atomic E-state index is -1.22. The van der Waals surface area contributed by atoms with Gasteiger partial charge in [0, 0.05) is 19.7 Å². The highest BCUT2D eigenvalue weighted by Gasteiger charge is 2.29. The molecule has 1 amide bonds. The molecule has 1 rings (SSSR count). The van der Waals surface area contributed by atoms with Gasteiger partial charge < -0.3 is 9.64 Å². The predicted molar refractivity (Wildman–Crippen MR) is 71.4 cm³/mol. The van der Waals surface area contributed by atoms with E-state index in [4.69, 9.17) is 0 Å². The first-order chi connectivity index (χ1) is 9.34. The lowest BCUT2D eigenvalue weighted by atomic mass is 10.1. The highest BCUT2D eigenvalue weighted by Crippen LogP contribution is 2.36. The average molecular weight is 349 g/mol. The van der Waals surface area contributed by atoms with Crippen molar-refractivity contribution >= 4 is 39.5 Å². The van der Waals surface area contributed by atoms with E-state index in [0.29, 0.717) is 6.29 Å². The summed E-state index contributed by atoms with van der Waals surface area (Å²) < 4.78 is 18.3. The van der Waals surface area contributed by atoms with Crippen LogP contribution in [0.15, 0.2) is 10.5 Å². The van der Waals surface area contributed by atoms with Crippen molar-refractivity contribution in [3.8, 4) is 0 Å². The Balaban J connectivity index is 3.51. The van der Waals surface area contributed by atoms with Crippen LogP contribution in [-0.4, -0.2) is 37.9 Å². The highest BCUT2D eigenvalue weighted by molar-refractivity contribution is 9.10. The number of nitrogens with zero attached hydrogens (tertiary/aromatic N) is 2. The molecular formula is C11H10BrFN2O5. The molecule has 0 N–H and O–H groups in total. The summed E-state index contributed by atoms with van der Waals surface area (Å²) in [7, 11) is 2.50. The van der Waals surface area contributed by atoms with Gasteiger partial charge in [0.25, 0.3) is 5.91 Å². The standard InChI is InChI=1S/C11H10BrFN2O5/c1-14(8(17)5-20-2)7-3-6(4-16)9(12)10(13)11(7)15(18)19/h3-4H,5H2,1-2H3. The topological polar surface area (TPSA) is 89.8 Å². The van der Waals surface area contributed by atoms with Gasteiger partial charge in [-0.15, -0.1) is 0 Å². The number of anilines is 1. The average Bonchev–Trinajstić information content (AvgIpc) is 2.40. The van der Waals surface area contributed by atoms with Crippen molar-refractivity contribution in [2.75, 3.05) is 25.7 Å². The maximum Gasteiger partial charge on any atom is 0.329 e. The van der Waals surface area contributed by atoms with Crippen LogP contribution < -0.4 is 4.90 Å². The summed E-state index contributed by atoms with van der Waals surface area (Å²) in [6.07, 6.45) is 0.328. The number of likely N-dealkylation sites (N-methyl/N-ethyl adjacent to an activating group) is 1. The summed E-state index contributed by atoms with van der Waals surface area (Å²) in [4.78, 5) is 33.4. The number of halogens is 2. The van der Waals surface area contributed by atoms with Crippen LogP contribution in [0, 0.1) is 15.9 Å². The van der Waals surface area contributed by atoms with Gasteiger partial charge in [-0.05, 0) is 22.0 Å². The number of carbonyl (C=O) groups excluding carboxylic acids is 2. The van der Waals surface area contributed by atoms with E-state index in [9.17, 15) is 24.1 Å². The fourth-order valence-corrected chi connectivity index (χ4v) is 1.89. The van der Waals surface area contributed by atoms with E-state index in [2.05, 4.69) is 20.7 Å². The number of amides is 1. The number of carbonyl (C=O) groups is 2. The van der Waals surface area contributed by atoms with Crippen molar-refractivity contribution in [1.29, 1.82) is 0 Å². The van der Waals surface area contributed by atoms with E-state index >= 15 is 0 Å². The third-order valence-electron chi connectivity index (χ3n) is 2.50. The number of hydrogen-bond acceptors (Lipinski definition) is 5. The molecule has 0 aliphatic rings. The van der Waals surface area contributed by atoms with Gasteiger partial charge in [-0.3, -0.25) is 19.7 Å². The molecule has 0 bridgehead atoms. The molecule has 0 saturated heterocycles. The second-order valence-corrected chi connectivity index (χ2v) is 4.52. The Morgan fingerprint density at radius 1 is 1.65 bits per heavy atom. The SMILES string of the molecule is COCC(=O)N(C)c1cc(C=O)c(Br)c(F)c1[N+](=O)[O-]. The van der Waals surface area contributed by atoms with Gasteiger partial charge in [0.15, 0.2) is 6.29 Å². The van der Waals surface area contributed by atoms with Crippen LogP contribution in [-0.2, 0) is 9.53 Å². The highest BCUT2D eigenvalue weighted by atomic mass is 79.9. The van der Waals surface area contributed by atoms with E-state index in [1.807, 2.05) is 0 Å². The molecule has 0 atom stereocenters. The number of benzene rings is 1. The Hall–Kier alpha value is -1.87. The van der Waals surface area contributed by atoms with Crippen molar-refractivity contribution in [2.24, 2.45) is 0 Å². The fourth-order valence-electron chi connectivity index (χ4n) is 1.49. The fraction of sp³-hybridized carbons (Fsp3) is 0.273. The third kappa shape index (κ3) is 2.99. The number of nitro benzene ring substituents is 1. The second kappa shape index (κ2) is 6.53. The van der Waals surface area contributed by atoms with Crippen LogP contribution in [0.5, 0.6) is 0 Å². The molecule has 0 heterocycles. The summed E-state index contributed by atoms with van der Waals surface area (Å²) in [5, 5.41) is 11.0. The Labute approximate surface area is 121 Å². The van der Waals surface area contributed by atoms with Crippen LogP contribution in [0.2, 0.25) is 0 Å². The molecule has 108 valence electrons. The molecule has 20 heavy (non-hydrogen) atoms. The monoisotopic (exact) mass is 348 g/mol. The normalized spacial score (nSPS) is 10.2. The molecule has 7 nitrogen and oxygen atoms in total. The number of hydrogen-bond donors (Lipinski definition) is 0. The number of ether oxygens (including phenoxy) is 1. The third-order valence-corrected chi connectivity index (χ3v) is 3.31. The van der Waals surface area contributed by atoms with Gasteiger partial charge in [0.1, 0.15) is 12.3 Å². The zero-order valence-electron chi connectivity index (χ0n) is 10.6. The first kappa shape index (κ1) is 16.2. The largest absolute Gasteiger partial charge is 0.375 e. The summed E-state index contributed by atoms with van der Waals surface area (Å²) in [6, 6.07) is 1.06. The van der Waals surface area contributed by atoms with Crippen molar-refractivity contribution in [2.45, 2.75) is 0 Å². The first-order valence-electron chi connectivity index (χ1n) is 5.22. The summed E-state index contributed by atoms with van der Waals surface area (Å²) in [5.41, 5.74) is -1.35. The number of methoxy groups -OCH3 is 1. The quantitative estimate of drug-likeness (QED) is 0.460. The van der Waals surface area contributed by atoms with E-state index in [0.717, 1.165) is 11.0 Å². The molecule has 0 unspecified atom stereocenters. The molecule has 0 saturated carbocycles. The molecule has 9 heteroatoms. The Morgan fingerprint density at radius 2 is 2.25 bits per heavy atom. The predicted octanol–water partition coefficient (Wildman–Crippen LogP) is 1.92. The van der Waals surface area contributed by atoms with Crippen LogP contribution >= 0.6 is 15.9 Å². The van der Waals surface area contributed by atoms with Gasteiger partial charge in [0.2, 0.25) is 5.82 Å². The smallest absolute Gasteiger partial charge is 0.329 e. The van der Waals surface area contributed by atoms with Crippen molar-refractivity contribution in [1.82, 2.24) is 0 Å². The zero-order valence-corrected chi connectivity index (χ0v) is 12.1. The Kier molecular flexibility index (Phi) is 5.28. The molecule has 0 aliphatic heterocycles. The van der Waals surface area contributed by atoms with E-state index in [1.54, 1.807) is 0 Å². The minimum absolute atomic E-state index is 0.139. The molecule has 0 aliphatic carbocycles. The van der Waals surface area contributed by atoms with Crippen molar-refractivity contribution in [3.05, 3.63) is 32.0 Å². The van der Waals surface area contributed by atoms with Crippen LogP contribution in [0.25, 0.3) is 0 Å². The van der Waals surface area contributed by atoms with Crippen LogP contribution in [0.1, 0.15) is 10.4 Å². The minimum Gasteiger partial charge on any atom is -0.375 e. The second-order valence-electron chi connectivity index (χ2n) is 3.72. The lowest BCUT2D eigenvalue weighted by Crippen LogP contribution is -2.30. The van der Waals surface area contributed by atoms with Gasteiger partial charge >= 0.3 is 5.69 Å². The number of nitro groups is 1. The van der Waals surface area contributed by atoms with E-state index in [1.165, 1.54) is 14.2 Å². The van der Waals surface area contributed by atoms with Crippen molar-refractivity contribution < 1.29 is 23.6 Å². The maximum absolute atomic E-state index is 14.0. The maximum atomic E-state index is 14.0. The van der Waals surface area contributed by atoms with E-state index < -0.39 is 22.3 Å². The molecular weight excluding hydrogens is 339 g/mol. The summed E-state index contributed by atoms with van der Waals surface area (Å²) in [6.45, 7) is -0.332. The molecule has 0 fully saturated rings. The van der Waals surface area contributed by atoms with Gasteiger partial charge in [-0.1, -0.05) is 0 Å². The zero-order chi connectivity index (χ0) is 15.4. The Morgan fingerprint density at radius 3 is 2.70 bits per heavy atom. The lowest BCUT2D eigenvalue weighted by molar-refractivity contribution is -0.386. The first-order valence-corrected chi connectivity index (χ1v) is 6.01. The summed E-state index contributed by atoms with van der Waals surface area (Å²) >= 11 is 2.77. The van der Waals surface area contributed by atoms with Gasteiger partial charge in [-0.2, -0.15) is 4.39 Å². The summed E-state index contributed by atoms with van der Waals surface area (Å²) in [5.74, 6) is -1.83. The van der Waals surface area contributed by atoms with Crippen LogP contribution in [0.4, 0.5) is 15.8 Å². The molecule has 1 aromatic carbocycles.